The average Bonchev–Trinajstić information content (AvgIpc) is 2.80. The Hall–Kier alpha value is -1.10. The third-order valence-corrected chi connectivity index (χ3v) is 3.77. The second kappa shape index (κ2) is 7.62. The fourth-order valence-corrected chi connectivity index (χ4v) is 2.67. The van der Waals surface area contributed by atoms with E-state index in [0.29, 0.717) is 19.1 Å². The van der Waals surface area contributed by atoms with Gasteiger partial charge < -0.3 is 15.4 Å². The number of nitrogens with two attached hydrogens (primary N) is 1. The molecule has 1 aromatic carbocycles. The van der Waals surface area contributed by atoms with Crippen LogP contribution < -0.4 is 5.73 Å². The van der Waals surface area contributed by atoms with Crippen molar-refractivity contribution in [3.63, 3.8) is 0 Å². The number of likely N-dealkylation sites (tertiary alicyclic amines) is 1. The van der Waals surface area contributed by atoms with Crippen LogP contribution in [-0.4, -0.2) is 37.0 Å². The summed E-state index contributed by atoms with van der Waals surface area (Å²) >= 11 is 0. The number of carbonyl (C=O) groups excluding carboxylic acids is 1. The highest BCUT2D eigenvalue weighted by Crippen LogP contribution is 2.24. The molecule has 1 saturated heterocycles. The van der Waals surface area contributed by atoms with E-state index in [2.05, 4.69) is 6.92 Å². The van der Waals surface area contributed by atoms with Crippen LogP contribution in [0.5, 0.6) is 0 Å². The van der Waals surface area contributed by atoms with Gasteiger partial charge in [0.25, 0.3) is 5.91 Å². The van der Waals surface area contributed by atoms with Gasteiger partial charge in [-0.05, 0) is 43.5 Å². The predicted molar refractivity (Wildman–Crippen MR) is 82.1 cm³/mol. The van der Waals surface area contributed by atoms with E-state index in [9.17, 15) is 4.79 Å². The summed E-state index contributed by atoms with van der Waals surface area (Å²) in [5.74, 6) is 0.541. The van der Waals surface area contributed by atoms with Gasteiger partial charge in [-0.1, -0.05) is 12.1 Å². The van der Waals surface area contributed by atoms with Crippen LogP contribution in [0.1, 0.15) is 29.3 Å². The lowest BCUT2D eigenvalue weighted by Crippen LogP contribution is -2.34. The first-order chi connectivity index (χ1) is 9.15. The highest BCUT2D eigenvalue weighted by molar-refractivity contribution is 5.94. The van der Waals surface area contributed by atoms with Crippen molar-refractivity contribution in [2.75, 3.05) is 20.2 Å². The lowest BCUT2D eigenvalue weighted by Gasteiger charge is -2.21. The summed E-state index contributed by atoms with van der Waals surface area (Å²) in [6, 6.07) is 7.91. The number of benzene rings is 1. The van der Waals surface area contributed by atoms with Crippen molar-refractivity contribution in [2.45, 2.75) is 26.0 Å². The second-order valence-electron chi connectivity index (χ2n) is 5.27. The van der Waals surface area contributed by atoms with Crippen LogP contribution in [0, 0.1) is 5.92 Å². The van der Waals surface area contributed by atoms with Gasteiger partial charge in [0.15, 0.2) is 0 Å². The average molecular weight is 299 g/mol. The van der Waals surface area contributed by atoms with Gasteiger partial charge >= 0.3 is 0 Å². The summed E-state index contributed by atoms with van der Waals surface area (Å²) in [5, 5.41) is 0. The molecule has 1 aliphatic rings. The lowest BCUT2D eigenvalue weighted by atomic mass is 10.1. The number of rotatable bonds is 4. The van der Waals surface area contributed by atoms with Gasteiger partial charge in [-0.3, -0.25) is 4.79 Å². The third kappa shape index (κ3) is 3.72. The minimum Gasteiger partial charge on any atom is -0.380 e. The minimum absolute atomic E-state index is 0. The van der Waals surface area contributed by atoms with E-state index >= 15 is 0 Å². The fourth-order valence-electron chi connectivity index (χ4n) is 2.67. The van der Waals surface area contributed by atoms with Gasteiger partial charge in [0.05, 0.1) is 6.61 Å². The Balaban J connectivity index is 0.00000200. The zero-order chi connectivity index (χ0) is 13.8. The molecule has 2 rings (SSSR count). The van der Waals surface area contributed by atoms with E-state index in [4.69, 9.17) is 10.5 Å². The molecule has 1 amide bonds. The van der Waals surface area contributed by atoms with Gasteiger partial charge in [0.1, 0.15) is 0 Å². The standard InChI is InChI=1S/C15H22N2O2.ClH/c1-11-7-13(8-16)9-17(11)15(18)14-5-3-12(4-6-14)10-19-2;/h3-6,11,13H,7-10,16H2,1-2H3;1H. The number of hydrogen-bond donors (Lipinski definition) is 1. The summed E-state index contributed by atoms with van der Waals surface area (Å²) in [6.45, 7) is 4.09. The Morgan fingerprint density at radius 3 is 2.55 bits per heavy atom. The summed E-state index contributed by atoms with van der Waals surface area (Å²) in [7, 11) is 1.66. The quantitative estimate of drug-likeness (QED) is 0.926. The molecule has 4 nitrogen and oxygen atoms in total. The molecule has 0 spiro atoms. The minimum atomic E-state index is 0. The first kappa shape index (κ1) is 17.0. The van der Waals surface area contributed by atoms with Gasteiger partial charge in [-0.25, -0.2) is 0 Å². The molecule has 2 atom stereocenters. The monoisotopic (exact) mass is 298 g/mol. The molecule has 5 heteroatoms. The molecule has 1 fully saturated rings. The maximum absolute atomic E-state index is 12.4. The molecule has 2 unspecified atom stereocenters. The predicted octanol–water partition coefficient (Wildman–Crippen LogP) is 2.06. The summed E-state index contributed by atoms with van der Waals surface area (Å²) in [5.41, 5.74) is 7.52. The van der Waals surface area contributed by atoms with E-state index in [1.165, 1.54) is 0 Å². The molecule has 0 radical (unpaired) electrons. The number of ether oxygens (including phenoxy) is 1. The van der Waals surface area contributed by atoms with Crippen molar-refractivity contribution < 1.29 is 9.53 Å². The van der Waals surface area contributed by atoms with Crippen LogP contribution in [0.3, 0.4) is 0 Å². The SMILES string of the molecule is COCc1ccc(C(=O)N2CC(CN)CC2C)cc1.Cl. The molecule has 0 saturated carbocycles. The second-order valence-corrected chi connectivity index (χ2v) is 5.27. The highest BCUT2D eigenvalue weighted by Gasteiger charge is 2.31. The van der Waals surface area contributed by atoms with Gasteiger partial charge in [-0.15, -0.1) is 12.4 Å². The van der Waals surface area contributed by atoms with Crippen LogP contribution in [0.4, 0.5) is 0 Å². The Bertz CT molecular complexity index is 436. The van der Waals surface area contributed by atoms with Crippen LogP contribution in [0.2, 0.25) is 0 Å². The first-order valence-corrected chi connectivity index (χ1v) is 6.74. The summed E-state index contributed by atoms with van der Waals surface area (Å²) in [4.78, 5) is 14.4. The number of hydrogen-bond acceptors (Lipinski definition) is 3. The third-order valence-electron chi connectivity index (χ3n) is 3.77. The fraction of sp³-hybridized carbons (Fsp3) is 0.533. The number of nitrogens with zero attached hydrogens (tertiary/aromatic N) is 1. The van der Waals surface area contributed by atoms with Crippen LogP contribution in [-0.2, 0) is 11.3 Å². The van der Waals surface area contributed by atoms with E-state index in [1.54, 1.807) is 7.11 Å². The topological polar surface area (TPSA) is 55.6 Å². The smallest absolute Gasteiger partial charge is 0.254 e. The summed E-state index contributed by atoms with van der Waals surface area (Å²) in [6.07, 6.45) is 1.00. The van der Waals surface area contributed by atoms with E-state index in [-0.39, 0.29) is 24.4 Å². The molecule has 112 valence electrons. The van der Waals surface area contributed by atoms with Gasteiger partial charge in [0, 0.05) is 25.3 Å². The molecule has 1 heterocycles. The Labute approximate surface area is 126 Å². The van der Waals surface area contributed by atoms with Crippen molar-refractivity contribution in [3.8, 4) is 0 Å². The molecule has 0 aromatic heterocycles. The largest absolute Gasteiger partial charge is 0.380 e. The lowest BCUT2D eigenvalue weighted by molar-refractivity contribution is 0.0743. The van der Waals surface area contributed by atoms with Crippen molar-refractivity contribution >= 4 is 18.3 Å². The highest BCUT2D eigenvalue weighted by atomic mass is 35.5. The van der Waals surface area contributed by atoms with Crippen LogP contribution in [0.15, 0.2) is 24.3 Å². The molecule has 0 bridgehead atoms. The number of carbonyl (C=O) groups is 1. The zero-order valence-electron chi connectivity index (χ0n) is 12.0. The number of methoxy groups -OCH3 is 1. The Morgan fingerprint density at radius 1 is 1.40 bits per heavy atom. The maximum Gasteiger partial charge on any atom is 0.254 e. The molecule has 1 aromatic rings. The molecule has 20 heavy (non-hydrogen) atoms. The van der Waals surface area contributed by atoms with Crippen LogP contribution >= 0.6 is 12.4 Å². The maximum atomic E-state index is 12.4. The Morgan fingerprint density at radius 2 is 2.05 bits per heavy atom. The van der Waals surface area contributed by atoms with Crippen molar-refractivity contribution in [1.82, 2.24) is 4.90 Å². The van der Waals surface area contributed by atoms with Gasteiger partial charge in [-0.2, -0.15) is 0 Å². The Kier molecular flexibility index (Phi) is 6.46. The van der Waals surface area contributed by atoms with Crippen molar-refractivity contribution in [2.24, 2.45) is 11.7 Å². The summed E-state index contributed by atoms with van der Waals surface area (Å²) < 4.78 is 5.06. The van der Waals surface area contributed by atoms with Crippen molar-refractivity contribution in [3.05, 3.63) is 35.4 Å². The first-order valence-electron chi connectivity index (χ1n) is 6.74. The molecule has 1 aliphatic heterocycles. The number of amides is 1. The van der Waals surface area contributed by atoms with E-state index in [1.807, 2.05) is 29.2 Å². The number of halogens is 1. The van der Waals surface area contributed by atoms with E-state index < -0.39 is 0 Å². The van der Waals surface area contributed by atoms with E-state index in [0.717, 1.165) is 24.1 Å². The van der Waals surface area contributed by atoms with Crippen molar-refractivity contribution in [1.29, 1.82) is 0 Å². The molecular formula is C15H23ClN2O2. The molecular weight excluding hydrogens is 276 g/mol. The molecule has 2 N–H and O–H groups in total. The van der Waals surface area contributed by atoms with Crippen LogP contribution in [0.25, 0.3) is 0 Å². The van der Waals surface area contributed by atoms with Gasteiger partial charge in [0.2, 0.25) is 0 Å². The normalized spacial score (nSPS) is 21.6. The molecule has 0 aliphatic carbocycles. The zero-order valence-corrected chi connectivity index (χ0v) is 12.9.